The largest absolute Gasteiger partial charge is 0.460 e. The van der Waals surface area contributed by atoms with Gasteiger partial charge in [0.1, 0.15) is 23.1 Å². The van der Waals surface area contributed by atoms with E-state index in [9.17, 15) is 14.0 Å². The fourth-order valence-electron chi connectivity index (χ4n) is 3.24. The molecule has 26 heavy (non-hydrogen) atoms. The van der Waals surface area contributed by atoms with Crippen molar-refractivity contribution in [3.63, 3.8) is 0 Å². The highest BCUT2D eigenvalue weighted by atomic mass is 19.1. The predicted molar refractivity (Wildman–Crippen MR) is 92.6 cm³/mol. The third-order valence-electron chi connectivity index (χ3n) is 4.72. The molecule has 0 spiro atoms. The summed E-state index contributed by atoms with van der Waals surface area (Å²) in [6.45, 7) is 1.77. The Morgan fingerprint density at radius 1 is 1.15 bits per heavy atom. The zero-order valence-corrected chi connectivity index (χ0v) is 14.3. The Hall–Kier alpha value is -3.15. The van der Waals surface area contributed by atoms with Gasteiger partial charge in [0, 0.05) is 18.8 Å². The number of carbonyl (C=O) groups excluding carboxylic acids is 1. The summed E-state index contributed by atoms with van der Waals surface area (Å²) in [6, 6.07) is 11.3. The summed E-state index contributed by atoms with van der Waals surface area (Å²) in [5.41, 5.74) is 1.16. The Morgan fingerprint density at radius 3 is 2.69 bits per heavy atom. The summed E-state index contributed by atoms with van der Waals surface area (Å²) in [4.78, 5) is 24.7. The average Bonchev–Trinajstić information content (AvgIpc) is 3.09. The maximum atomic E-state index is 14.0. The SMILES string of the molecule is Cc1cc2c(c(=O)n1C)[C@@H](c1ccc(-c3ccccc3F)o1)CC(=O)O2. The van der Waals surface area contributed by atoms with Crippen LogP contribution in [0.1, 0.15) is 29.4 Å². The van der Waals surface area contributed by atoms with Crippen LogP contribution in [0.15, 0.2) is 51.7 Å². The highest BCUT2D eigenvalue weighted by Gasteiger charge is 2.34. The standard InChI is InChI=1S/C20H16FNO4/c1-11-9-17-19(20(24)22(11)2)13(10-18(23)26-17)16-8-7-15(25-16)12-5-3-4-6-14(12)21/h3-9,13H,10H2,1-2H3/t13-/m1/s1. The van der Waals surface area contributed by atoms with Gasteiger partial charge in [-0.15, -0.1) is 0 Å². The van der Waals surface area contributed by atoms with Gasteiger partial charge in [-0.05, 0) is 31.2 Å². The zero-order chi connectivity index (χ0) is 18.4. The normalized spacial score (nSPS) is 16.3. The number of hydrogen-bond acceptors (Lipinski definition) is 4. The fourth-order valence-corrected chi connectivity index (χ4v) is 3.24. The first-order chi connectivity index (χ1) is 12.5. The average molecular weight is 353 g/mol. The van der Waals surface area contributed by atoms with Gasteiger partial charge in [0.2, 0.25) is 0 Å². The van der Waals surface area contributed by atoms with E-state index in [0.717, 1.165) is 0 Å². The van der Waals surface area contributed by atoms with Gasteiger partial charge in [-0.25, -0.2) is 4.39 Å². The second-order valence-electron chi connectivity index (χ2n) is 6.34. The van der Waals surface area contributed by atoms with Gasteiger partial charge in [-0.3, -0.25) is 9.59 Å². The van der Waals surface area contributed by atoms with Crippen LogP contribution in [0.3, 0.4) is 0 Å². The molecule has 1 aliphatic heterocycles. The van der Waals surface area contributed by atoms with Crippen LogP contribution in [0, 0.1) is 12.7 Å². The Kier molecular flexibility index (Phi) is 3.76. The van der Waals surface area contributed by atoms with Crippen molar-refractivity contribution >= 4 is 5.97 Å². The van der Waals surface area contributed by atoms with Crippen molar-refractivity contribution < 1.29 is 18.3 Å². The van der Waals surface area contributed by atoms with Crippen molar-refractivity contribution in [2.24, 2.45) is 7.05 Å². The van der Waals surface area contributed by atoms with Crippen LogP contribution >= 0.6 is 0 Å². The van der Waals surface area contributed by atoms with Gasteiger partial charge in [-0.2, -0.15) is 0 Å². The van der Waals surface area contributed by atoms with E-state index < -0.39 is 17.7 Å². The zero-order valence-electron chi connectivity index (χ0n) is 14.3. The number of rotatable bonds is 2. The Morgan fingerprint density at radius 2 is 1.92 bits per heavy atom. The Labute approximate surface area is 148 Å². The Bertz CT molecular complexity index is 1080. The summed E-state index contributed by atoms with van der Waals surface area (Å²) in [7, 11) is 1.67. The quantitative estimate of drug-likeness (QED) is 0.661. The molecule has 1 atom stereocenters. The number of pyridine rings is 1. The maximum absolute atomic E-state index is 14.0. The number of furan rings is 1. The third-order valence-corrected chi connectivity index (χ3v) is 4.72. The van der Waals surface area contributed by atoms with Crippen LogP contribution < -0.4 is 10.3 Å². The van der Waals surface area contributed by atoms with E-state index in [1.54, 1.807) is 50.4 Å². The first kappa shape index (κ1) is 16.3. The highest BCUT2D eigenvalue weighted by Crippen LogP contribution is 2.39. The molecule has 1 aromatic carbocycles. The number of nitrogens with zero attached hydrogens (tertiary/aromatic N) is 1. The summed E-state index contributed by atoms with van der Waals surface area (Å²) in [5.74, 6) is -0.353. The molecular formula is C20H16FNO4. The van der Waals surface area contributed by atoms with Crippen molar-refractivity contribution in [3.8, 4) is 17.1 Å². The van der Waals surface area contributed by atoms with Gasteiger partial charge in [0.05, 0.1) is 23.5 Å². The van der Waals surface area contributed by atoms with E-state index in [0.29, 0.717) is 28.3 Å². The minimum absolute atomic E-state index is 0.00444. The van der Waals surface area contributed by atoms with Crippen LogP contribution in [-0.2, 0) is 11.8 Å². The van der Waals surface area contributed by atoms with Crippen molar-refractivity contribution in [3.05, 3.63) is 75.7 Å². The minimum Gasteiger partial charge on any atom is -0.460 e. The molecule has 0 unspecified atom stereocenters. The molecule has 4 rings (SSSR count). The number of fused-ring (bicyclic) bond motifs is 1. The molecular weight excluding hydrogens is 337 g/mol. The number of benzene rings is 1. The van der Waals surface area contributed by atoms with E-state index in [1.165, 1.54) is 10.6 Å². The number of halogens is 1. The summed E-state index contributed by atoms with van der Waals surface area (Å²) in [5, 5.41) is 0. The molecule has 0 aliphatic carbocycles. The number of hydrogen-bond donors (Lipinski definition) is 0. The molecule has 0 N–H and O–H groups in total. The van der Waals surface area contributed by atoms with Crippen molar-refractivity contribution in [2.75, 3.05) is 0 Å². The number of aryl methyl sites for hydroxylation is 1. The molecule has 0 bridgehead atoms. The van der Waals surface area contributed by atoms with Gasteiger partial charge in [0.15, 0.2) is 0 Å². The molecule has 3 aromatic rings. The molecule has 0 fully saturated rings. The maximum Gasteiger partial charge on any atom is 0.312 e. The summed E-state index contributed by atoms with van der Waals surface area (Å²) >= 11 is 0. The van der Waals surface area contributed by atoms with E-state index in [4.69, 9.17) is 9.15 Å². The lowest BCUT2D eigenvalue weighted by molar-refractivity contribution is -0.135. The van der Waals surface area contributed by atoms with Crippen molar-refractivity contribution in [1.82, 2.24) is 4.57 Å². The second-order valence-corrected chi connectivity index (χ2v) is 6.34. The molecule has 3 heterocycles. The van der Waals surface area contributed by atoms with Gasteiger partial charge < -0.3 is 13.7 Å². The van der Waals surface area contributed by atoms with E-state index >= 15 is 0 Å². The summed E-state index contributed by atoms with van der Waals surface area (Å²) < 4.78 is 26.6. The lowest BCUT2D eigenvalue weighted by atomic mass is 9.91. The first-order valence-corrected chi connectivity index (χ1v) is 8.21. The smallest absolute Gasteiger partial charge is 0.312 e. The highest BCUT2D eigenvalue weighted by molar-refractivity contribution is 5.77. The minimum atomic E-state index is -0.564. The van der Waals surface area contributed by atoms with Gasteiger partial charge in [-0.1, -0.05) is 12.1 Å². The third kappa shape index (κ3) is 2.54. The molecule has 0 saturated heterocycles. The van der Waals surface area contributed by atoms with Crippen LogP contribution in [0.25, 0.3) is 11.3 Å². The molecule has 132 valence electrons. The van der Waals surface area contributed by atoms with E-state index in [-0.39, 0.29) is 17.7 Å². The number of carbonyl (C=O) groups is 1. The fraction of sp³-hybridized carbons (Fsp3) is 0.200. The molecule has 5 nitrogen and oxygen atoms in total. The van der Waals surface area contributed by atoms with Crippen LogP contribution in [0.2, 0.25) is 0 Å². The van der Waals surface area contributed by atoms with Crippen LogP contribution in [-0.4, -0.2) is 10.5 Å². The molecule has 0 radical (unpaired) electrons. The lowest BCUT2D eigenvalue weighted by Gasteiger charge is -2.23. The number of ether oxygens (including phenoxy) is 1. The second kappa shape index (κ2) is 5.98. The molecule has 0 saturated carbocycles. The molecule has 1 aliphatic rings. The molecule has 0 amide bonds. The lowest BCUT2D eigenvalue weighted by Crippen LogP contribution is -2.31. The first-order valence-electron chi connectivity index (χ1n) is 8.21. The van der Waals surface area contributed by atoms with Crippen molar-refractivity contribution in [1.29, 1.82) is 0 Å². The monoisotopic (exact) mass is 353 g/mol. The summed E-state index contributed by atoms with van der Waals surface area (Å²) in [6.07, 6.45) is -0.00444. The topological polar surface area (TPSA) is 61.4 Å². The molecule has 2 aromatic heterocycles. The Balaban J connectivity index is 1.84. The number of aromatic nitrogens is 1. The van der Waals surface area contributed by atoms with Gasteiger partial charge >= 0.3 is 5.97 Å². The van der Waals surface area contributed by atoms with Crippen LogP contribution in [0.5, 0.6) is 5.75 Å². The van der Waals surface area contributed by atoms with E-state index in [1.807, 2.05) is 0 Å². The predicted octanol–water partition coefficient (Wildman–Crippen LogP) is 3.53. The van der Waals surface area contributed by atoms with E-state index in [2.05, 4.69) is 0 Å². The van der Waals surface area contributed by atoms with Gasteiger partial charge in [0.25, 0.3) is 5.56 Å². The molecule has 6 heteroatoms. The van der Waals surface area contributed by atoms with Crippen LogP contribution in [0.4, 0.5) is 4.39 Å². The van der Waals surface area contributed by atoms with Crippen molar-refractivity contribution in [2.45, 2.75) is 19.3 Å². The number of esters is 1.